The molecular formula is C14H22N2O2S2. The second-order valence-corrected chi connectivity index (χ2v) is 7.45. The first-order chi connectivity index (χ1) is 9.24. The Morgan fingerprint density at radius 1 is 1.40 bits per heavy atom. The summed E-state index contributed by atoms with van der Waals surface area (Å²) in [7, 11) is -3.47. The van der Waals surface area contributed by atoms with Gasteiger partial charge in [-0.3, -0.25) is 0 Å². The van der Waals surface area contributed by atoms with Crippen LogP contribution in [0.25, 0.3) is 0 Å². The number of rotatable bonds is 7. The molecule has 0 saturated carbocycles. The zero-order valence-electron chi connectivity index (χ0n) is 12.1. The second-order valence-electron chi connectivity index (χ2n) is 5.28. The summed E-state index contributed by atoms with van der Waals surface area (Å²) in [5.74, 6) is 0.575. The largest absolute Gasteiger partial charge is 0.389 e. The van der Waals surface area contributed by atoms with Gasteiger partial charge in [-0.15, -0.1) is 0 Å². The molecule has 0 spiro atoms. The van der Waals surface area contributed by atoms with Crippen LogP contribution >= 0.6 is 12.2 Å². The summed E-state index contributed by atoms with van der Waals surface area (Å²) in [5, 5.41) is 0. The highest BCUT2D eigenvalue weighted by molar-refractivity contribution is 7.89. The van der Waals surface area contributed by atoms with Gasteiger partial charge in [-0.2, -0.15) is 0 Å². The van der Waals surface area contributed by atoms with Gasteiger partial charge in [0, 0.05) is 12.1 Å². The van der Waals surface area contributed by atoms with E-state index in [-0.39, 0.29) is 9.88 Å². The van der Waals surface area contributed by atoms with Crippen LogP contribution in [-0.4, -0.2) is 20.0 Å². The van der Waals surface area contributed by atoms with Crippen molar-refractivity contribution in [1.29, 1.82) is 0 Å². The van der Waals surface area contributed by atoms with Crippen LogP contribution in [0, 0.1) is 12.8 Å². The first-order valence-corrected chi connectivity index (χ1v) is 8.53. The number of sulfonamides is 1. The van der Waals surface area contributed by atoms with Gasteiger partial charge in [0.1, 0.15) is 4.99 Å². The summed E-state index contributed by atoms with van der Waals surface area (Å²) in [6.07, 6.45) is 1.84. The third-order valence-corrected chi connectivity index (χ3v) is 4.86. The second kappa shape index (κ2) is 7.15. The predicted molar refractivity (Wildman–Crippen MR) is 86.3 cm³/mol. The Labute approximate surface area is 126 Å². The molecule has 0 aliphatic carbocycles. The van der Waals surface area contributed by atoms with E-state index in [1.165, 1.54) is 0 Å². The highest BCUT2D eigenvalue weighted by atomic mass is 32.2. The predicted octanol–water partition coefficient (Wildman–Crippen LogP) is 2.34. The quantitative estimate of drug-likeness (QED) is 0.598. The number of aryl methyl sites for hydroxylation is 1. The van der Waals surface area contributed by atoms with E-state index >= 15 is 0 Å². The van der Waals surface area contributed by atoms with Crippen molar-refractivity contribution in [2.75, 3.05) is 6.54 Å². The average molecular weight is 314 g/mol. The normalized spacial score (nSPS) is 11.8. The lowest BCUT2D eigenvalue weighted by Gasteiger charge is -2.11. The molecule has 0 heterocycles. The lowest BCUT2D eigenvalue weighted by molar-refractivity contribution is 0.539. The topological polar surface area (TPSA) is 72.2 Å². The summed E-state index contributed by atoms with van der Waals surface area (Å²) in [4.78, 5) is 0.545. The summed E-state index contributed by atoms with van der Waals surface area (Å²) < 4.78 is 27.0. The third kappa shape index (κ3) is 4.85. The number of nitrogens with one attached hydrogen (secondary N) is 1. The molecule has 0 fully saturated rings. The number of hydrogen-bond donors (Lipinski definition) is 2. The molecule has 1 aromatic rings. The monoisotopic (exact) mass is 314 g/mol. The molecule has 0 radical (unpaired) electrons. The molecule has 0 aliphatic rings. The Morgan fingerprint density at radius 3 is 2.55 bits per heavy atom. The van der Waals surface area contributed by atoms with Crippen molar-refractivity contribution >= 4 is 27.2 Å². The fraction of sp³-hybridized carbons (Fsp3) is 0.500. The average Bonchev–Trinajstić information content (AvgIpc) is 2.34. The van der Waals surface area contributed by atoms with Gasteiger partial charge in [0.2, 0.25) is 10.0 Å². The van der Waals surface area contributed by atoms with Crippen LogP contribution in [0.15, 0.2) is 23.1 Å². The van der Waals surface area contributed by atoms with Gasteiger partial charge in [0.25, 0.3) is 0 Å². The van der Waals surface area contributed by atoms with Crippen LogP contribution in [0.1, 0.15) is 37.8 Å². The Balaban J connectivity index is 2.80. The standard InChI is InChI=1S/C14H22N2O2S2/c1-10(2)5-4-8-16-20(17,18)13-7-6-12(14(15)19)9-11(13)3/h6-7,9-10,16H,4-5,8H2,1-3H3,(H2,15,19). The van der Waals surface area contributed by atoms with Gasteiger partial charge in [-0.05, 0) is 43.4 Å². The van der Waals surface area contributed by atoms with Crippen molar-refractivity contribution in [1.82, 2.24) is 4.72 Å². The van der Waals surface area contributed by atoms with Crippen LogP contribution in [0.4, 0.5) is 0 Å². The van der Waals surface area contributed by atoms with Crippen LogP contribution < -0.4 is 10.5 Å². The van der Waals surface area contributed by atoms with Crippen LogP contribution in [0.5, 0.6) is 0 Å². The van der Waals surface area contributed by atoms with E-state index in [9.17, 15) is 8.42 Å². The summed E-state index contributed by atoms with van der Waals surface area (Å²) in [5.41, 5.74) is 6.86. The van der Waals surface area contributed by atoms with E-state index in [1.54, 1.807) is 25.1 Å². The number of nitrogens with two attached hydrogens (primary N) is 1. The smallest absolute Gasteiger partial charge is 0.240 e. The van der Waals surface area contributed by atoms with Gasteiger partial charge < -0.3 is 5.73 Å². The Kier molecular flexibility index (Phi) is 6.10. The molecule has 4 nitrogen and oxygen atoms in total. The highest BCUT2D eigenvalue weighted by Crippen LogP contribution is 2.17. The number of thiocarbonyl (C=S) groups is 1. The lowest BCUT2D eigenvalue weighted by atomic mass is 10.1. The zero-order valence-corrected chi connectivity index (χ0v) is 13.8. The van der Waals surface area contributed by atoms with E-state index in [2.05, 4.69) is 18.6 Å². The van der Waals surface area contributed by atoms with E-state index < -0.39 is 10.0 Å². The van der Waals surface area contributed by atoms with Gasteiger partial charge in [-0.25, -0.2) is 13.1 Å². The van der Waals surface area contributed by atoms with Gasteiger partial charge >= 0.3 is 0 Å². The van der Waals surface area contributed by atoms with Crippen molar-refractivity contribution in [3.05, 3.63) is 29.3 Å². The van der Waals surface area contributed by atoms with Crippen molar-refractivity contribution in [2.24, 2.45) is 11.7 Å². The summed E-state index contributed by atoms with van der Waals surface area (Å²) in [6.45, 7) is 6.43. The molecule has 0 atom stereocenters. The summed E-state index contributed by atoms with van der Waals surface area (Å²) in [6, 6.07) is 4.89. The SMILES string of the molecule is Cc1cc(C(N)=S)ccc1S(=O)(=O)NCCCC(C)C. The van der Waals surface area contributed by atoms with E-state index in [4.69, 9.17) is 18.0 Å². The van der Waals surface area contributed by atoms with Crippen molar-refractivity contribution < 1.29 is 8.42 Å². The molecule has 0 saturated heterocycles. The molecule has 20 heavy (non-hydrogen) atoms. The Hall–Kier alpha value is -0.980. The molecule has 0 bridgehead atoms. The van der Waals surface area contributed by atoms with Crippen molar-refractivity contribution in [3.63, 3.8) is 0 Å². The Bertz CT molecular complexity index is 581. The zero-order chi connectivity index (χ0) is 15.3. The van der Waals surface area contributed by atoms with Gasteiger partial charge in [-0.1, -0.05) is 32.1 Å². The molecule has 0 aliphatic heterocycles. The first kappa shape index (κ1) is 17.1. The summed E-state index contributed by atoms with van der Waals surface area (Å²) >= 11 is 4.88. The van der Waals surface area contributed by atoms with Crippen molar-refractivity contribution in [2.45, 2.75) is 38.5 Å². The minimum absolute atomic E-state index is 0.266. The number of hydrogen-bond acceptors (Lipinski definition) is 3. The Morgan fingerprint density at radius 2 is 2.05 bits per heavy atom. The third-order valence-electron chi connectivity index (χ3n) is 3.00. The molecule has 1 rings (SSSR count). The maximum absolute atomic E-state index is 12.2. The fourth-order valence-corrected chi connectivity index (χ4v) is 3.32. The molecule has 6 heteroatoms. The molecule has 0 amide bonds. The van der Waals surface area contributed by atoms with E-state index in [1.807, 2.05) is 0 Å². The first-order valence-electron chi connectivity index (χ1n) is 6.64. The molecule has 112 valence electrons. The van der Waals surface area contributed by atoms with Crippen LogP contribution in [0.2, 0.25) is 0 Å². The number of benzene rings is 1. The van der Waals surface area contributed by atoms with Crippen LogP contribution in [0.3, 0.4) is 0 Å². The molecule has 0 unspecified atom stereocenters. The van der Waals surface area contributed by atoms with Gasteiger partial charge in [0.05, 0.1) is 4.90 Å². The fourth-order valence-electron chi connectivity index (χ4n) is 1.90. The molecule has 3 N–H and O–H groups in total. The van der Waals surface area contributed by atoms with Gasteiger partial charge in [0.15, 0.2) is 0 Å². The minimum Gasteiger partial charge on any atom is -0.389 e. The maximum Gasteiger partial charge on any atom is 0.240 e. The lowest BCUT2D eigenvalue weighted by Crippen LogP contribution is -2.26. The molecule has 0 aromatic heterocycles. The maximum atomic E-state index is 12.2. The highest BCUT2D eigenvalue weighted by Gasteiger charge is 2.16. The van der Waals surface area contributed by atoms with E-state index in [0.29, 0.717) is 23.6 Å². The van der Waals surface area contributed by atoms with Crippen LogP contribution in [-0.2, 0) is 10.0 Å². The minimum atomic E-state index is -3.47. The van der Waals surface area contributed by atoms with E-state index in [0.717, 1.165) is 12.8 Å². The van der Waals surface area contributed by atoms with Crippen molar-refractivity contribution in [3.8, 4) is 0 Å². The molecule has 1 aromatic carbocycles. The molecular weight excluding hydrogens is 292 g/mol.